The molecule has 3 heteroatoms. The summed E-state index contributed by atoms with van der Waals surface area (Å²) in [5.41, 5.74) is 19.7. The van der Waals surface area contributed by atoms with Gasteiger partial charge >= 0.3 is 0 Å². The number of rotatable bonds is 5. The van der Waals surface area contributed by atoms with Crippen LogP contribution >= 0.6 is 0 Å². The zero-order chi connectivity index (χ0) is 40.5. The van der Waals surface area contributed by atoms with Gasteiger partial charge in [-0.25, -0.2) is 15.0 Å². The molecule has 4 fully saturated rings. The van der Waals surface area contributed by atoms with E-state index in [2.05, 4.69) is 153 Å². The molecule has 294 valence electrons. The highest BCUT2D eigenvalue weighted by Gasteiger charge is 2.62. The van der Waals surface area contributed by atoms with Crippen molar-refractivity contribution in [3.63, 3.8) is 0 Å². The Hall–Kier alpha value is -6.45. The molecule has 0 amide bonds. The van der Waals surface area contributed by atoms with Gasteiger partial charge in [0.25, 0.3) is 0 Å². The fourth-order valence-corrected chi connectivity index (χ4v) is 13.4. The molecule has 4 saturated carbocycles. The van der Waals surface area contributed by atoms with Crippen molar-refractivity contribution in [2.45, 2.75) is 56.8 Å². The minimum atomic E-state index is -0.137. The van der Waals surface area contributed by atoms with Crippen LogP contribution < -0.4 is 0 Å². The van der Waals surface area contributed by atoms with Crippen molar-refractivity contribution < 1.29 is 0 Å². The third-order valence-corrected chi connectivity index (χ3v) is 15.7. The molecule has 1 spiro atoms. The molecule has 8 aromatic rings. The molecule has 0 saturated heterocycles. The minimum absolute atomic E-state index is 0.137. The largest absolute Gasteiger partial charge is 0.208 e. The first kappa shape index (κ1) is 35.3. The number of benzene rings is 7. The van der Waals surface area contributed by atoms with Gasteiger partial charge in [0.2, 0.25) is 0 Å². The number of fused-ring (bicyclic) bond motifs is 7. The van der Waals surface area contributed by atoms with Crippen LogP contribution in [0.3, 0.4) is 0 Å². The van der Waals surface area contributed by atoms with Crippen molar-refractivity contribution in [1.29, 1.82) is 0 Å². The number of hydrogen-bond donors (Lipinski definition) is 0. The lowest BCUT2D eigenvalue weighted by Crippen LogP contribution is -2.55. The molecule has 6 aliphatic rings. The van der Waals surface area contributed by atoms with Crippen molar-refractivity contribution in [3.05, 3.63) is 186 Å². The predicted molar refractivity (Wildman–Crippen MR) is 248 cm³/mol. The van der Waals surface area contributed by atoms with Gasteiger partial charge in [0, 0.05) is 27.5 Å². The molecule has 6 aliphatic carbocycles. The third-order valence-electron chi connectivity index (χ3n) is 15.7. The first-order valence-electron chi connectivity index (χ1n) is 22.4. The molecule has 3 nitrogen and oxygen atoms in total. The lowest BCUT2D eigenvalue weighted by Gasteiger charge is -2.61. The monoisotopic (exact) mass is 785 g/mol. The Kier molecular flexibility index (Phi) is 7.54. The van der Waals surface area contributed by atoms with Crippen LogP contribution in [0.1, 0.15) is 68.2 Å². The van der Waals surface area contributed by atoms with Gasteiger partial charge in [0.15, 0.2) is 17.5 Å². The van der Waals surface area contributed by atoms with E-state index in [4.69, 9.17) is 15.0 Å². The predicted octanol–water partition coefficient (Wildman–Crippen LogP) is 14.2. The van der Waals surface area contributed by atoms with Crippen LogP contribution in [0.4, 0.5) is 0 Å². The van der Waals surface area contributed by atoms with E-state index < -0.39 is 0 Å². The first-order valence-corrected chi connectivity index (χ1v) is 22.4. The maximum absolute atomic E-state index is 5.16. The Balaban J connectivity index is 0.882. The van der Waals surface area contributed by atoms with Gasteiger partial charge in [0.1, 0.15) is 0 Å². The molecule has 0 atom stereocenters. The summed E-state index contributed by atoms with van der Waals surface area (Å²) >= 11 is 0. The third kappa shape index (κ3) is 5.07. The maximum atomic E-state index is 5.16. The van der Waals surface area contributed by atoms with Crippen LogP contribution in [0.15, 0.2) is 164 Å². The van der Waals surface area contributed by atoms with E-state index in [1.165, 1.54) is 65.5 Å². The summed E-state index contributed by atoms with van der Waals surface area (Å²) < 4.78 is 0. The first-order chi connectivity index (χ1) is 29.9. The normalized spacial score (nSPS) is 23.1. The van der Waals surface area contributed by atoms with Gasteiger partial charge < -0.3 is 0 Å². The van der Waals surface area contributed by atoms with Gasteiger partial charge in [-0.3, -0.25) is 0 Å². The zero-order valence-corrected chi connectivity index (χ0v) is 34.8. The highest BCUT2D eigenvalue weighted by atomic mass is 15.0. The fourth-order valence-electron chi connectivity index (χ4n) is 13.4. The molecule has 0 N–H and O–H groups in total. The van der Waals surface area contributed by atoms with E-state index in [-0.39, 0.29) is 10.8 Å². The van der Waals surface area contributed by atoms with E-state index in [9.17, 15) is 0 Å². The van der Waals surface area contributed by atoms with Crippen molar-refractivity contribution in [1.82, 2.24) is 15.0 Å². The molecule has 7 aromatic carbocycles. The summed E-state index contributed by atoms with van der Waals surface area (Å²) in [7, 11) is 0. The Morgan fingerprint density at radius 3 is 1.59 bits per heavy atom. The lowest BCUT2D eigenvalue weighted by molar-refractivity contribution is -0.0399. The summed E-state index contributed by atoms with van der Waals surface area (Å²) in [5.74, 6) is 5.41. The average Bonchev–Trinajstić information content (AvgIpc) is 3.73. The average molecular weight is 786 g/mol. The topological polar surface area (TPSA) is 38.7 Å². The van der Waals surface area contributed by atoms with Crippen LogP contribution in [0.25, 0.3) is 78.7 Å². The molecule has 0 radical (unpaired) electrons. The van der Waals surface area contributed by atoms with E-state index in [0.717, 1.165) is 51.5 Å². The van der Waals surface area contributed by atoms with Crippen molar-refractivity contribution in [2.24, 2.45) is 23.7 Å². The quantitative estimate of drug-likeness (QED) is 0.174. The summed E-state index contributed by atoms with van der Waals surface area (Å²) in [6.45, 7) is 4.96. The van der Waals surface area contributed by atoms with E-state index >= 15 is 0 Å². The molecular weight excluding hydrogens is 739 g/mol. The Labute approximate surface area is 358 Å². The SMILES string of the molecule is CC1(C)c2cc(-c3ccc(-c4nc(-c5ccccc5)nc(-c5ccccc5-c5ccccc5)n4)cc3)ccc2-c2ccc3c(c21)-c1ccccc1C31C2CC3CC(C2)CC1C3. The van der Waals surface area contributed by atoms with E-state index in [1.807, 2.05) is 24.3 Å². The Bertz CT molecular complexity index is 3020. The van der Waals surface area contributed by atoms with Crippen LogP contribution in [0.2, 0.25) is 0 Å². The summed E-state index contributed by atoms with van der Waals surface area (Å²) in [6, 6.07) is 59.8. The van der Waals surface area contributed by atoms with Crippen molar-refractivity contribution in [2.75, 3.05) is 0 Å². The minimum Gasteiger partial charge on any atom is -0.208 e. The molecule has 0 unspecified atom stereocenters. The fraction of sp³-hybridized carbons (Fsp3) is 0.224. The van der Waals surface area contributed by atoms with Crippen LogP contribution in [0.5, 0.6) is 0 Å². The second-order valence-corrected chi connectivity index (χ2v) is 19.2. The molecule has 4 bridgehead atoms. The summed E-state index contributed by atoms with van der Waals surface area (Å²) in [5, 5.41) is 0. The second-order valence-electron chi connectivity index (χ2n) is 19.2. The van der Waals surface area contributed by atoms with Crippen LogP contribution in [-0.2, 0) is 10.8 Å². The summed E-state index contributed by atoms with van der Waals surface area (Å²) in [4.78, 5) is 15.3. The van der Waals surface area contributed by atoms with Gasteiger partial charge in [0.05, 0.1) is 0 Å². The Morgan fingerprint density at radius 2 is 0.902 bits per heavy atom. The Morgan fingerprint density at radius 1 is 0.377 bits per heavy atom. The standard InChI is InChI=1S/C58H47N3/c1-57(2)51-34-41(25-26-45(51)46-27-28-50-52(53(46)57)48-19-11-12-20-49(48)58(50)42-30-35-29-36(32-42)33-43(58)31-35)37-21-23-40(24-22-37)55-59-54(39-15-7-4-8-16-39)60-56(61-55)47-18-10-9-17-44(47)38-13-5-3-6-14-38/h3-28,34-36,42-43H,29-33H2,1-2H3. The van der Waals surface area contributed by atoms with Gasteiger partial charge in [-0.2, -0.15) is 0 Å². The lowest BCUT2D eigenvalue weighted by atomic mass is 9.43. The highest BCUT2D eigenvalue weighted by Crippen LogP contribution is 2.71. The molecule has 14 rings (SSSR count). The van der Waals surface area contributed by atoms with E-state index in [1.54, 1.807) is 22.3 Å². The molecule has 1 aromatic heterocycles. The molecule has 1 heterocycles. The maximum Gasteiger partial charge on any atom is 0.164 e. The van der Waals surface area contributed by atoms with Crippen LogP contribution in [0, 0.1) is 23.7 Å². The molecule has 0 aliphatic heterocycles. The number of hydrogen-bond acceptors (Lipinski definition) is 3. The zero-order valence-electron chi connectivity index (χ0n) is 34.8. The smallest absolute Gasteiger partial charge is 0.164 e. The van der Waals surface area contributed by atoms with E-state index in [0.29, 0.717) is 17.5 Å². The van der Waals surface area contributed by atoms with Gasteiger partial charge in [-0.1, -0.05) is 172 Å². The van der Waals surface area contributed by atoms with Gasteiger partial charge in [-0.05, 0) is 129 Å². The second kappa shape index (κ2) is 13.0. The highest BCUT2D eigenvalue weighted by molar-refractivity contribution is 5.95. The van der Waals surface area contributed by atoms with Crippen molar-refractivity contribution >= 4 is 0 Å². The molecular formula is C58H47N3. The van der Waals surface area contributed by atoms with Crippen molar-refractivity contribution in [3.8, 4) is 78.7 Å². The van der Waals surface area contributed by atoms with Gasteiger partial charge in [-0.15, -0.1) is 0 Å². The summed E-state index contributed by atoms with van der Waals surface area (Å²) in [6.07, 6.45) is 7.12. The number of aromatic nitrogens is 3. The molecule has 61 heavy (non-hydrogen) atoms. The number of nitrogens with zero attached hydrogens (tertiary/aromatic N) is 3. The van der Waals surface area contributed by atoms with Crippen LogP contribution in [-0.4, -0.2) is 15.0 Å².